The van der Waals surface area contributed by atoms with Crippen molar-refractivity contribution in [3.8, 4) is 0 Å². The predicted octanol–water partition coefficient (Wildman–Crippen LogP) is 1.97. The quantitative estimate of drug-likeness (QED) is 0.674. The molecule has 0 spiro atoms. The summed E-state index contributed by atoms with van der Waals surface area (Å²) in [5.41, 5.74) is 8.12. The summed E-state index contributed by atoms with van der Waals surface area (Å²) in [6, 6.07) is 10.6. The lowest BCUT2D eigenvalue weighted by Gasteiger charge is -2.42. The fourth-order valence-corrected chi connectivity index (χ4v) is 5.31. The van der Waals surface area contributed by atoms with Crippen molar-refractivity contribution < 1.29 is 14.7 Å². The standard InChI is InChI=1S/C22H31N5OS.CH2O2/c1-25-10-5-11-26(15-14-25)16-20(28)27-12-8-22(9-13-27,18-6-3-2-4-7-18)19-17-29-21(23)24-19;2-1-3/h2-4,6-7,17H,5,8-16H2,1H3,(H2,23,24);1H,(H,2,3). The monoisotopic (exact) mass is 459 g/mol. The second-order valence-electron chi connectivity index (χ2n) is 8.44. The Hall–Kier alpha value is -2.49. The largest absolute Gasteiger partial charge is 0.483 e. The third kappa shape index (κ3) is 5.85. The Morgan fingerprint density at radius 3 is 2.47 bits per heavy atom. The van der Waals surface area contributed by atoms with E-state index in [0.717, 1.165) is 64.2 Å². The molecule has 2 fully saturated rings. The van der Waals surface area contributed by atoms with Crippen molar-refractivity contribution in [1.82, 2.24) is 19.7 Å². The minimum Gasteiger partial charge on any atom is -0.483 e. The maximum atomic E-state index is 13.0. The summed E-state index contributed by atoms with van der Waals surface area (Å²) in [4.78, 5) is 32.7. The molecular weight excluding hydrogens is 426 g/mol. The average molecular weight is 460 g/mol. The highest BCUT2D eigenvalue weighted by Gasteiger charge is 2.40. The number of likely N-dealkylation sites (tertiary alicyclic amines) is 1. The van der Waals surface area contributed by atoms with Gasteiger partial charge in [0.1, 0.15) is 0 Å². The van der Waals surface area contributed by atoms with Gasteiger partial charge in [0.25, 0.3) is 6.47 Å². The smallest absolute Gasteiger partial charge is 0.290 e. The molecule has 2 aromatic rings. The van der Waals surface area contributed by atoms with Crippen molar-refractivity contribution >= 4 is 28.8 Å². The first-order valence-electron chi connectivity index (χ1n) is 11.0. The van der Waals surface area contributed by atoms with Gasteiger partial charge in [-0.15, -0.1) is 11.3 Å². The Morgan fingerprint density at radius 1 is 1.16 bits per heavy atom. The summed E-state index contributed by atoms with van der Waals surface area (Å²) in [6.45, 7) is 5.95. The zero-order valence-electron chi connectivity index (χ0n) is 18.7. The number of nitrogens with zero attached hydrogens (tertiary/aromatic N) is 4. The van der Waals surface area contributed by atoms with E-state index < -0.39 is 0 Å². The van der Waals surface area contributed by atoms with Gasteiger partial charge in [0.15, 0.2) is 5.13 Å². The van der Waals surface area contributed by atoms with Crippen molar-refractivity contribution in [2.75, 3.05) is 58.6 Å². The number of rotatable bonds is 4. The number of nitrogen functional groups attached to an aromatic ring is 1. The molecule has 0 atom stereocenters. The number of carbonyl (C=O) groups is 2. The Balaban J connectivity index is 0.000000913. The van der Waals surface area contributed by atoms with Crippen molar-refractivity contribution in [2.45, 2.75) is 24.7 Å². The van der Waals surface area contributed by atoms with E-state index in [2.05, 4.69) is 51.5 Å². The molecule has 0 bridgehead atoms. The number of thiazole rings is 1. The van der Waals surface area contributed by atoms with E-state index in [9.17, 15) is 4.79 Å². The van der Waals surface area contributed by atoms with Crippen LogP contribution in [-0.4, -0.2) is 90.0 Å². The fourth-order valence-electron chi connectivity index (χ4n) is 4.64. The molecule has 2 aliphatic heterocycles. The summed E-state index contributed by atoms with van der Waals surface area (Å²) in [5.74, 6) is 0.258. The number of benzene rings is 1. The number of nitrogens with two attached hydrogens (primary N) is 1. The molecule has 3 heterocycles. The Kier molecular flexibility index (Phi) is 8.60. The molecule has 32 heavy (non-hydrogen) atoms. The Labute approximate surface area is 193 Å². The van der Waals surface area contributed by atoms with E-state index in [4.69, 9.17) is 15.6 Å². The highest BCUT2D eigenvalue weighted by molar-refractivity contribution is 7.13. The van der Waals surface area contributed by atoms with Gasteiger partial charge >= 0.3 is 0 Å². The molecule has 3 N–H and O–H groups in total. The number of piperidine rings is 1. The minimum atomic E-state index is -0.250. The highest BCUT2D eigenvalue weighted by atomic mass is 32.1. The third-order valence-corrected chi connectivity index (χ3v) is 7.15. The second kappa shape index (κ2) is 11.4. The van der Waals surface area contributed by atoms with Crippen molar-refractivity contribution in [1.29, 1.82) is 0 Å². The van der Waals surface area contributed by atoms with Gasteiger partial charge in [-0.1, -0.05) is 30.3 Å². The molecule has 2 saturated heterocycles. The van der Waals surface area contributed by atoms with Crippen LogP contribution in [0.3, 0.4) is 0 Å². The first-order chi connectivity index (χ1) is 15.5. The maximum Gasteiger partial charge on any atom is 0.290 e. The van der Waals surface area contributed by atoms with Crippen molar-refractivity contribution in [3.05, 3.63) is 47.0 Å². The predicted molar refractivity (Wildman–Crippen MR) is 127 cm³/mol. The van der Waals surface area contributed by atoms with Crippen LogP contribution in [0.2, 0.25) is 0 Å². The van der Waals surface area contributed by atoms with E-state index in [0.29, 0.717) is 11.7 Å². The maximum absolute atomic E-state index is 13.0. The van der Waals surface area contributed by atoms with E-state index in [1.54, 1.807) is 0 Å². The first-order valence-corrected chi connectivity index (χ1v) is 11.9. The van der Waals surface area contributed by atoms with Crippen LogP contribution in [0.1, 0.15) is 30.5 Å². The Bertz CT molecular complexity index is 868. The number of hydrogen-bond donors (Lipinski definition) is 2. The SMILES string of the molecule is CN1CCCN(CC(=O)N2CCC(c3ccccc3)(c3csc(N)n3)CC2)CC1.O=CO. The van der Waals surface area contributed by atoms with Gasteiger partial charge in [-0.2, -0.15) is 0 Å². The second-order valence-corrected chi connectivity index (χ2v) is 9.33. The molecule has 8 nitrogen and oxygen atoms in total. The van der Waals surface area contributed by atoms with E-state index in [-0.39, 0.29) is 17.8 Å². The Morgan fingerprint density at radius 2 is 1.84 bits per heavy atom. The number of hydrogen-bond acceptors (Lipinski definition) is 7. The zero-order valence-corrected chi connectivity index (χ0v) is 19.5. The minimum absolute atomic E-state index is 0.155. The van der Waals surface area contributed by atoms with Crippen LogP contribution in [0.4, 0.5) is 5.13 Å². The molecule has 1 aromatic carbocycles. The summed E-state index contributed by atoms with van der Waals surface area (Å²) >= 11 is 1.50. The molecule has 1 amide bonds. The number of carbonyl (C=O) groups excluding carboxylic acids is 1. The van der Waals surface area contributed by atoms with Crippen LogP contribution in [0.5, 0.6) is 0 Å². The molecule has 9 heteroatoms. The van der Waals surface area contributed by atoms with Gasteiger partial charge < -0.3 is 20.6 Å². The molecular formula is C23H33N5O3S. The normalized spacial score (nSPS) is 19.5. The topological polar surface area (TPSA) is 103 Å². The lowest BCUT2D eigenvalue weighted by Crippen LogP contribution is -2.49. The highest BCUT2D eigenvalue weighted by Crippen LogP contribution is 2.42. The molecule has 0 radical (unpaired) electrons. The molecule has 4 rings (SSSR count). The number of anilines is 1. The number of likely N-dealkylation sites (N-methyl/N-ethyl adjacent to an activating group) is 1. The van der Waals surface area contributed by atoms with Crippen LogP contribution in [-0.2, 0) is 15.0 Å². The summed E-state index contributed by atoms with van der Waals surface area (Å²) in [7, 11) is 2.16. The van der Waals surface area contributed by atoms with Gasteiger partial charge in [0.2, 0.25) is 5.91 Å². The molecule has 1 aromatic heterocycles. The van der Waals surface area contributed by atoms with Gasteiger partial charge in [0, 0.05) is 37.0 Å². The van der Waals surface area contributed by atoms with Gasteiger partial charge in [-0.25, -0.2) is 4.98 Å². The fraction of sp³-hybridized carbons (Fsp3) is 0.522. The average Bonchev–Trinajstić information content (AvgIpc) is 3.15. The summed E-state index contributed by atoms with van der Waals surface area (Å²) in [6.07, 6.45) is 2.90. The van der Waals surface area contributed by atoms with Crippen LogP contribution in [0.25, 0.3) is 0 Å². The molecule has 2 aliphatic rings. The van der Waals surface area contributed by atoms with Crippen LogP contribution >= 0.6 is 11.3 Å². The number of amides is 1. The number of aromatic nitrogens is 1. The molecule has 174 valence electrons. The first kappa shape index (κ1) is 24.2. The molecule has 0 aliphatic carbocycles. The van der Waals surface area contributed by atoms with E-state index in [1.165, 1.54) is 16.9 Å². The molecule has 0 unspecified atom stereocenters. The van der Waals surface area contributed by atoms with E-state index >= 15 is 0 Å². The van der Waals surface area contributed by atoms with Gasteiger partial charge in [-0.3, -0.25) is 14.5 Å². The lowest BCUT2D eigenvalue weighted by atomic mass is 9.70. The summed E-state index contributed by atoms with van der Waals surface area (Å²) in [5, 5.41) is 9.59. The van der Waals surface area contributed by atoms with Crippen LogP contribution in [0, 0.1) is 0 Å². The van der Waals surface area contributed by atoms with Crippen LogP contribution < -0.4 is 5.73 Å². The number of carboxylic acid groups (broad SMARTS) is 1. The van der Waals surface area contributed by atoms with Crippen molar-refractivity contribution in [3.63, 3.8) is 0 Å². The van der Waals surface area contributed by atoms with Gasteiger partial charge in [-0.05, 0) is 45.0 Å². The van der Waals surface area contributed by atoms with Gasteiger partial charge in [0.05, 0.1) is 12.2 Å². The van der Waals surface area contributed by atoms with Crippen molar-refractivity contribution in [2.24, 2.45) is 0 Å². The third-order valence-electron chi connectivity index (χ3n) is 6.48. The lowest BCUT2D eigenvalue weighted by molar-refractivity contribution is -0.133. The molecule has 0 saturated carbocycles. The van der Waals surface area contributed by atoms with E-state index in [1.807, 2.05) is 11.0 Å². The van der Waals surface area contributed by atoms with Crippen LogP contribution in [0.15, 0.2) is 35.7 Å². The summed E-state index contributed by atoms with van der Waals surface area (Å²) < 4.78 is 0. The zero-order chi connectivity index (χ0) is 23.0.